The number of halogens is 3. The van der Waals surface area contributed by atoms with Crippen LogP contribution in [0.5, 0.6) is 11.5 Å². The molecule has 0 aliphatic carbocycles. The van der Waals surface area contributed by atoms with Gasteiger partial charge in [0.05, 0.1) is 19.6 Å². The van der Waals surface area contributed by atoms with Crippen LogP contribution in [0, 0.1) is 6.92 Å². The molecule has 0 aliphatic heterocycles. The van der Waals surface area contributed by atoms with Crippen molar-refractivity contribution in [3.63, 3.8) is 0 Å². The minimum atomic E-state index is -0.281. The minimum Gasteiger partial charge on any atom is -0.493 e. The highest BCUT2D eigenvalue weighted by Gasteiger charge is 2.17. The summed E-state index contributed by atoms with van der Waals surface area (Å²) in [6.45, 7) is 2.04. The number of aryl methyl sites for hydroxylation is 1. The first-order chi connectivity index (χ1) is 9.97. The van der Waals surface area contributed by atoms with Gasteiger partial charge in [0, 0.05) is 8.95 Å². The maximum atomic E-state index is 6.64. The lowest BCUT2D eigenvalue weighted by molar-refractivity contribution is 0.354. The monoisotopic (exact) mass is 432 g/mol. The molecule has 5 heteroatoms. The van der Waals surface area contributed by atoms with Crippen LogP contribution in [-0.4, -0.2) is 14.2 Å². The van der Waals surface area contributed by atoms with E-state index in [1.165, 1.54) is 0 Å². The molecule has 0 bridgehead atoms. The number of hydrogen-bond donors (Lipinski definition) is 0. The molecule has 0 saturated heterocycles. The van der Waals surface area contributed by atoms with Gasteiger partial charge in [-0.3, -0.25) is 0 Å². The van der Waals surface area contributed by atoms with Crippen LogP contribution in [0.3, 0.4) is 0 Å². The molecule has 0 amide bonds. The lowest BCUT2D eigenvalue weighted by Crippen LogP contribution is -1.98. The van der Waals surface area contributed by atoms with Gasteiger partial charge in [-0.1, -0.05) is 37.9 Å². The van der Waals surface area contributed by atoms with Crippen molar-refractivity contribution in [2.24, 2.45) is 0 Å². The smallest absolute Gasteiger partial charge is 0.161 e. The van der Waals surface area contributed by atoms with Crippen LogP contribution in [0.1, 0.15) is 22.1 Å². The molecule has 112 valence electrons. The van der Waals surface area contributed by atoms with Crippen LogP contribution in [0.4, 0.5) is 0 Å². The molecule has 0 saturated carbocycles. The Bertz CT molecular complexity index is 659. The van der Waals surface area contributed by atoms with Gasteiger partial charge in [0.15, 0.2) is 11.5 Å². The summed E-state index contributed by atoms with van der Waals surface area (Å²) in [7, 11) is 3.23. The summed E-state index contributed by atoms with van der Waals surface area (Å²) in [5.41, 5.74) is 3.11. The second kappa shape index (κ2) is 7.03. The largest absolute Gasteiger partial charge is 0.493 e. The van der Waals surface area contributed by atoms with Gasteiger partial charge < -0.3 is 9.47 Å². The summed E-state index contributed by atoms with van der Waals surface area (Å²) in [5.74, 6) is 1.36. The quantitative estimate of drug-likeness (QED) is 0.561. The van der Waals surface area contributed by atoms with Gasteiger partial charge in [0.25, 0.3) is 0 Å². The average molecular weight is 435 g/mol. The number of methoxy groups -OCH3 is 2. The van der Waals surface area contributed by atoms with E-state index in [1.54, 1.807) is 14.2 Å². The minimum absolute atomic E-state index is 0.281. The molecule has 2 aromatic rings. The van der Waals surface area contributed by atoms with Gasteiger partial charge in [-0.25, -0.2) is 0 Å². The third-order valence-electron chi connectivity index (χ3n) is 3.25. The van der Waals surface area contributed by atoms with Crippen LogP contribution in [0.15, 0.2) is 39.3 Å². The molecular weight excluding hydrogens is 419 g/mol. The van der Waals surface area contributed by atoms with E-state index in [9.17, 15) is 0 Å². The molecule has 0 aromatic heterocycles. The molecular formula is C16H15Br2ClO2. The molecule has 0 heterocycles. The first-order valence-corrected chi connectivity index (χ1v) is 8.31. The summed E-state index contributed by atoms with van der Waals surface area (Å²) in [4.78, 5) is 0. The van der Waals surface area contributed by atoms with E-state index < -0.39 is 0 Å². The van der Waals surface area contributed by atoms with Crippen LogP contribution in [-0.2, 0) is 0 Å². The number of ether oxygens (including phenoxy) is 2. The summed E-state index contributed by atoms with van der Waals surface area (Å²) < 4.78 is 12.6. The Kier molecular flexibility index (Phi) is 5.58. The maximum absolute atomic E-state index is 6.64. The van der Waals surface area contributed by atoms with Gasteiger partial charge in [0.1, 0.15) is 0 Å². The first-order valence-electron chi connectivity index (χ1n) is 6.29. The molecule has 1 unspecified atom stereocenters. The molecule has 0 N–H and O–H groups in total. The van der Waals surface area contributed by atoms with Crippen LogP contribution < -0.4 is 9.47 Å². The van der Waals surface area contributed by atoms with Crippen molar-refractivity contribution in [3.8, 4) is 11.5 Å². The van der Waals surface area contributed by atoms with Gasteiger partial charge in [-0.15, -0.1) is 11.6 Å². The topological polar surface area (TPSA) is 18.5 Å². The Balaban J connectivity index is 2.45. The number of benzene rings is 2. The molecule has 2 aromatic carbocycles. The molecule has 0 radical (unpaired) electrons. The van der Waals surface area contributed by atoms with Gasteiger partial charge in [0.2, 0.25) is 0 Å². The highest BCUT2D eigenvalue weighted by molar-refractivity contribution is 9.11. The summed E-state index contributed by atoms with van der Waals surface area (Å²) in [6, 6.07) is 9.79. The molecule has 1 atom stereocenters. The SMILES string of the molecule is COc1ccc(C(Cl)c2cc(Br)c(C)cc2Br)cc1OC. The zero-order valence-corrected chi connectivity index (χ0v) is 15.8. The number of hydrogen-bond acceptors (Lipinski definition) is 2. The van der Waals surface area contributed by atoms with Crippen LogP contribution in [0.25, 0.3) is 0 Å². The third kappa shape index (κ3) is 3.55. The molecule has 0 spiro atoms. The van der Waals surface area contributed by atoms with Crippen LogP contribution >= 0.6 is 43.5 Å². The van der Waals surface area contributed by atoms with Crippen LogP contribution in [0.2, 0.25) is 0 Å². The van der Waals surface area contributed by atoms with E-state index in [-0.39, 0.29) is 5.38 Å². The number of alkyl halides is 1. The Hall–Kier alpha value is -0.710. The van der Waals surface area contributed by atoms with Crippen molar-refractivity contribution >= 4 is 43.5 Å². The molecule has 2 nitrogen and oxygen atoms in total. The van der Waals surface area contributed by atoms with Crippen molar-refractivity contribution in [3.05, 3.63) is 56.0 Å². The summed E-state index contributed by atoms with van der Waals surface area (Å²) in [5, 5.41) is -0.281. The maximum Gasteiger partial charge on any atom is 0.161 e. The zero-order chi connectivity index (χ0) is 15.6. The second-order valence-electron chi connectivity index (χ2n) is 4.60. The molecule has 0 fully saturated rings. The molecule has 21 heavy (non-hydrogen) atoms. The third-order valence-corrected chi connectivity index (χ3v) is 5.28. The van der Waals surface area contributed by atoms with E-state index in [0.29, 0.717) is 11.5 Å². The fraction of sp³-hybridized carbons (Fsp3) is 0.250. The van der Waals surface area contributed by atoms with E-state index in [2.05, 4.69) is 37.9 Å². The van der Waals surface area contributed by atoms with Crippen molar-refractivity contribution in [2.45, 2.75) is 12.3 Å². The van der Waals surface area contributed by atoms with E-state index >= 15 is 0 Å². The standard InChI is InChI=1S/C16H15Br2ClO2/c1-9-6-13(18)11(8-12(9)17)16(19)10-4-5-14(20-2)15(7-10)21-3/h4-8,16H,1-3H3. The number of rotatable bonds is 4. The highest BCUT2D eigenvalue weighted by atomic mass is 79.9. The predicted molar refractivity (Wildman–Crippen MR) is 93.8 cm³/mol. The second-order valence-corrected chi connectivity index (χ2v) is 6.74. The predicted octanol–water partition coefficient (Wildman–Crippen LogP) is 5.87. The zero-order valence-electron chi connectivity index (χ0n) is 11.9. The Morgan fingerprint density at radius 1 is 0.952 bits per heavy atom. The Morgan fingerprint density at radius 3 is 2.24 bits per heavy atom. The average Bonchev–Trinajstić information content (AvgIpc) is 2.49. The lowest BCUT2D eigenvalue weighted by atomic mass is 10.0. The Labute approximate surface area is 146 Å². The van der Waals surface area contributed by atoms with Crippen molar-refractivity contribution in [1.82, 2.24) is 0 Å². The summed E-state index contributed by atoms with van der Waals surface area (Å²) >= 11 is 13.8. The van der Waals surface area contributed by atoms with E-state index in [1.807, 2.05) is 31.2 Å². The van der Waals surface area contributed by atoms with E-state index in [4.69, 9.17) is 21.1 Å². The van der Waals surface area contributed by atoms with Crippen molar-refractivity contribution in [1.29, 1.82) is 0 Å². The molecule has 0 aliphatic rings. The summed E-state index contributed by atoms with van der Waals surface area (Å²) in [6.07, 6.45) is 0. The highest BCUT2D eigenvalue weighted by Crippen LogP contribution is 2.39. The molecule has 2 rings (SSSR count). The Morgan fingerprint density at radius 2 is 1.62 bits per heavy atom. The van der Waals surface area contributed by atoms with E-state index in [0.717, 1.165) is 25.6 Å². The van der Waals surface area contributed by atoms with Gasteiger partial charge >= 0.3 is 0 Å². The lowest BCUT2D eigenvalue weighted by Gasteiger charge is -2.16. The van der Waals surface area contributed by atoms with Gasteiger partial charge in [-0.05, 0) is 47.9 Å². The van der Waals surface area contributed by atoms with Crippen molar-refractivity contribution in [2.75, 3.05) is 14.2 Å². The fourth-order valence-electron chi connectivity index (χ4n) is 2.05. The van der Waals surface area contributed by atoms with Crippen molar-refractivity contribution < 1.29 is 9.47 Å². The normalized spacial score (nSPS) is 12.1. The fourth-order valence-corrected chi connectivity index (χ4v) is 3.54. The first kappa shape index (κ1) is 16.7. The van der Waals surface area contributed by atoms with Gasteiger partial charge in [-0.2, -0.15) is 0 Å².